The number of nitrogen functional groups attached to an aromatic ring is 1. The van der Waals surface area contributed by atoms with E-state index in [2.05, 4.69) is 4.72 Å². The molecule has 2 aromatic carbocycles. The lowest BCUT2D eigenvalue weighted by atomic mass is 10.2. The van der Waals surface area contributed by atoms with Crippen molar-refractivity contribution in [2.45, 2.75) is 4.90 Å². The quantitative estimate of drug-likeness (QED) is 0.850. The Balaban J connectivity index is 2.50. The van der Waals surface area contributed by atoms with Gasteiger partial charge < -0.3 is 5.73 Å². The van der Waals surface area contributed by atoms with Crippen LogP contribution in [0, 0.1) is 23.0 Å². The Kier molecular flexibility index (Phi) is 3.78. The molecule has 0 aliphatic carbocycles. The van der Waals surface area contributed by atoms with Crippen molar-refractivity contribution >= 4 is 21.4 Å². The number of anilines is 2. The summed E-state index contributed by atoms with van der Waals surface area (Å²) in [5.41, 5.74) is 4.31. The molecule has 0 aliphatic rings. The maximum absolute atomic E-state index is 13.8. The molecule has 0 spiro atoms. The molecule has 108 valence electrons. The fraction of sp³-hybridized carbons (Fsp3) is 0. The molecular weight excluding hydrogens is 300 g/mol. The Morgan fingerprint density at radius 3 is 2.48 bits per heavy atom. The van der Waals surface area contributed by atoms with E-state index in [1.54, 1.807) is 12.1 Å². The Hall–Kier alpha value is -2.66. The van der Waals surface area contributed by atoms with Gasteiger partial charge in [-0.3, -0.25) is 4.72 Å². The minimum absolute atomic E-state index is 0.0118. The van der Waals surface area contributed by atoms with Crippen LogP contribution >= 0.6 is 0 Å². The van der Waals surface area contributed by atoms with Crippen LogP contribution in [-0.2, 0) is 10.0 Å². The number of halogens is 2. The summed E-state index contributed by atoms with van der Waals surface area (Å²) in [4.78, 5) is -0.797. The molecule has 0 aromatic heterocycles. The van der Waals surface area contributed by atoms with E-state index in [0.29, 0.717) is 0 Å². The van der Waals surface area contributed by atoms with E-state index in [1.807, 2.05) is 0 Å². The Morgan fingerprint density at radius 1 is 1.14 bits per heavy atom. The van der Waals surface area contributed by atoms with E-state index in [4.69, 9.17) is 11.0 Å². The van der Waals surface area contributed by atoms with Gasteiger partial charge in [-0.15, -0.1) is 0 Å². The summed E-state index contributed by atoms with van der Waals surface area (Å²) in [6, 6.07) is 9.12. The number of rotatable bonds is 3. The van der Waals surface area contributed by atoms with Crippen LogP contribution in [0.1, 0.15) is 5.56 Å². The number of nitrogens with zero attached hydrogens (tertiary/aromatic N) is 1. The lowest BCUT2D eigenvalue weighted by Gasteiger charge is -2.11. The average Bonchev–Trinajstić information content (AvgIpc) is 2.44. The summed E-state index contributed by atoms with van der Waals surface area (Å²) in [5, 5.41) is 8.89. The number of nitrogens with two attached hydrogens (primary N) is 1. The minimum atomic E-state index is -4.34. The van der Waals surface area contributed by atoms with Crippen LogP contribution in [0.25, 0.3) is 0 Å². The van der Waals surface area contributed by atoms with Crippen LogP contribution in [0.4, 0.5) is 20.2 Å². The van der Waals surface area contributed by atoms with Crippen LogP contribution in [0.2, 0.25) is 0 Å². The number of nitrogens with one attached hydrogen (secondary N) is 1. The average molecular weight is 309 g/mol. The first kappa shape index (κ1) is 14.7. The predicted octanol–water partition coefficient (Wildman–Crippen LogP) is 2.22. The number of benzene rings is 2. The number of hydrogen-bond donors (Lipinski definition) is 2. The summed E-state index contributed by atoms with van der Waals surface area (Å²) in [6.45, 7) is 0. The molecule has 21 heavy (non-hydrogen) atoms. The highest BCUT2D eigenvalue weighted by Gasteiger charge is 2.23. The third-order valence-electron chi connectivity index (χ3n) is 2.67. The van der Waals surface area contributed by atoms with Crippen molar-refractivity contribution in [2.75, 3.05) is 10.5 Å². The molecule has 5 nitrogen and oxygen atoms in total. The highest BCUT2D eigenvalue weighted by molar-refractivity contribution is 7.92. The summed E-state index contributed by atoms with van der Waals surface area (Å²) < 4.78 is 53.2. The molecule has 8 heteroatoms. The van der Waals surface area contributed by atoms with Crippen LogP contribution in [0.15, 0.2) is 41.3 Å². The van der Waals surface area contributed by atoms with Gasteiger partial charge in [0, 0.05) is 0 Å². The second-order valence-electron chi connectivity index (χ2n) is 4.04. The number of sulfonamides is 1. The second kappa shape index (κ2) is 5.38. The molecular formula is C13H9F2N3O2S. The van der Waals surface area contributed by atoms with Crippen LogP contribution in [-0.4, -0.2) is 8.42 Å². The van der Waals surface area contributed by atoms with Gasteiger partial charge in [0.15, 0.2) is 5.82 Å². The van der Waals surface area contributed by atoms with Gasteiger partial charge in [-0.25, -0.2) is 17.2 Å². The van der Waals surface area contributed by atoms with Crippen LogP contribution in [0.5, 0.6) is 0 Å². The number of hydrogen-bond acceptors (Lipinski definition) is 4. The zero-order valence-electron chi connectivity index (χ0n) is 10.5. The molecule has 0 aliphatic heterocycles. The van der Waals surface area contributed by atoms with E-state index >= 15 is 0 Å². The number of nitriles is 1. The molecule has 0 saturated heterocycles. The van der Waals surface area contributed by atoms with E-state index in [9.17, 15) is 17.2 Å². The molecule has 0 amide bonds. The molecule has 0 fully saturated rings. The van der Waals surface area contributed by atoms with E-state index in [-0.39, 0.29) is 11.3 Å². The van der Waals surface area contributed by atoms with Crippen molar-refractivity contribution in [3.8, 4) is 6.07 Å². The molecule has 0 heterocycles. The molecule has 0 bridgehead atoms. The third kappa shape index (κ3) is 2.78. The summed E-state index contributed by atoms with van der Waals surface area (Å²) in [5.74, 6) is -2.43. The van der Waals surface area contributed by atoms with Crippen LogP contribution in [0.3, 0.4) is 0 Å². The van der Waals surface area contributed by atoms with Gasteiger partial charge in [0.05, 0.1) is 11.3 Å². The fourth-order valence-corrected chi connectivity index (χ4v) is 2.80. The second-order valence-corrected chi connectivity index (χ2v) is 5.69. The molecule has 0 unspecified atom stereocenters. The smallest absolute Gasteiger partial charge is 0.264 e. The molecule has 2 rings (SSSR count). The van der Waals surface area contributed by atoms with Crippen molar-refractivity contribution < 1.29 is 17.2 Å². The normalized spacial score (nSPS) is 10.9. The first-order valence-electron chi connectivity index (χ1n) is 5.62. The minimum Gasteiger partial charge on any atom is -0.394 e. The van der Waals surface area contributed by atoms with Gasteiger partial charge in [-0.05, 0) is 24.3 Å². The van der Waals surface area contributed by atoms with Gasteiger partial charge in [-0.2, -0.15) is 5.26 Å². The zero-order chi connectivity index (χ0) is 15.6. The third-order valence-corrected chi connectivity index (χ3v) is 4.06. The number of para-hydroxylation sites is 1. The Labute approximate surface area is 119 Å². The summed E-state index contributed by atoms with van der Waals surface area (Å²) in [7, 11) is -4.34. The SMILES string of the molecule is N#Cc1ccccc1NS(=O)(=O)c1ccc(F)c(N)c1F. The van der Waals surface area contributed by atoms with Crippen molar-refractivity contribution in [3.05, 3.63) is 53.6 Å². The highest BCUT2D eigenvalue weighted by atomic mass is 32.2. The molecule has 2 aromatic rings. The first-order chi connectivity index (χ1) is 9.86. The van der Waals surface area contributed by atoms with Crippen molar-refractivity contribution in [1.82, 2.24) is 0 Å². The summed E-state index contributed by atoms with van der Waals surface area (Å²) >= 11 is 0. The van der Waals surface area contributed by atoms with Gasteiger partial charge in [0.2, 0.25) is 0 Å². The highest BCUT2D eigenvalue weighted by Crippen LogP contribution is 2.25. The topological polar surface area (TPSA) is 96.0 Å². The standard InChI is InChI=1S/C13H9F2N3O2S/c14-9-5-6-11(12(15)13(9)17)21(19,20)18-10-4-2-1-3-8(10)7-16/h1-6,18H,17H2. The van der Waals surface area contributed by atoms with Gasteiger partial charge in [-0.1, -0.05) is 12.1 Å². The zero-order valence-corrected chi connectivity index (χ0v) is 11.3. The predicted molar refractivity (Wildman–Crippen MR) is 72.7 cm³/mol. The lowest BCUT2D eigenvalue weighted by molar-refractivity contribution is 0.557. The maximum atomic E-state index is 13.8. The van der Waals surface area contributed by atoms with Crippen LogP contribution < -0.4 is 10.5 Å². The van der Waals surface area contributed by atoms with E-state index in [1.165, 1.54) is 18.2 Å². The largest absolute Gasteiger partial charge is 0.394 e. The fourth-order valence-electron chi connectivity index (χ4n) is 1.63. The molecule has 0 radical (unpaired) electrons. The maximum Gasteiger partial charge on any atom is 0.264 e. The molecule has 0 atom stereocenters. The van der Waals surface area contributed by atoms with Crippen molar-refractivity contribution in [2.24, 2.45) is 0 Å². The first-order valence-corrected chi connectivity index (χ1v) is 7.10. The van der Waals surface area contributed by atoms with Crippen molar-refractivity contribution in [1.29, 1.82) is 5.26 Å². The van der Waals surface area contributed by atoms with Crippen molar-refractivity contribution in [3.63, 3.8) is 0 Å². The molecule has 0 saturated carbocycles. The summed E-state index contributed by atoms with van der Waals surface area (Å²) in [6.07, 6.45) is 0. The van der Waals surface area contributed by atoms with E-state index in [0.717, 1.165) is 12.1 Å². The van der Waals surface area contributed by atoms with Gasteiger partial charge in [0.1, 0.15) is 22.5 Å². The van der Waals surface area contributed by atoms with Gasteiger partial charge in [0.25, 0.3) is 10.0 Å². The monoisotopic (exact) mass is 309 g/mol. The lowest BCUT2D eigenvalue weighted by Crippen LogP contribution is -2.16. The molecule has 3 N–H and O–H groups in total. The Morgan fingerprint density at radius 2 is 1.81 bits per heavy atom. The Bertz CT molecular complexity index is 845. The van der Waals surface area contributed by atoms with Gasteiger partial charge >= 0.3 is 0 Å². The van der Waals surface area contributed by atoms with E-state index < -0.39 is 32.2 Å².